The summed E-state index contributed by atoms with van der Waals surface area (Å²) < 4.78 is 6.22. The van der Waals surface area contributed by atoms with Crippen LogP contribution in [0.5, 0.6) is 0 Å². The number of carbonyl (C=O) groups is 1. The third-order valence-electron chi connectivity index (χ3n) is 2.71. The molecule has 0 saturated carbocycles. The van der Waals surface area contributed by atoms with Crippen LogP contribution in [0.2, 0.25) is 0 Å². The predicted octanol–water partition coefficient (Wildman–Crippen LogP) is -0.585. The summed E-state index contributed by atoms with van der Waals surface area (Å²) in [6, 6.07) is 0. The summed E-state index contributed by atoms with van der Waals surface area (Å²) in [6.45, 7) is 2.17. The van der Waals surface area contributed by atoms with Gasteiger partial charge in [0.1, 0.15) is 6.54 Å². The first kappa shape index (κ1) is 14.6. The van der Waals surface area contributed by atoms with E-state index in [9.17, 15) is 4.79 Å². The van der Waals surface area contributed by atoms with Gasteiger partial charge in [-0.15, -0.1) is 5.10 Å². The van der Waals surface area contributed by atoms with E-state index in [-0.39, 0.29) is 24.1 Å². The van der Waals surface area contributed by atoms with Crippen molar-refractivity contribution >= 4 is 17.9 Å². The van der Waals surface area contributed by atoms with Crippen LogP contribution in [0.1, 0.15) is 35.4 Å². The standard InChI is InChI=1S/C11H16N8O2/c1-3-4-6-8(9(20)21-2)17-18-19(6)5-7-14-10(12)16-11(13)15-7/h3-5H2,1-2H3,(H4,12,13,14,15,16). The van der Waals surface area contributed by atoms with Crippen molar-refractivity contribution in [1.82, 2.24) is 29.9 Å². The summed E-state index contributed by atoms with van der Waals surface area (Å²) in [6.07, 6.45) is 1.44. The highest BCUT2D eigenvalue weighted by atomic mass is 16.5. The highest BCUT2D eigenvalue weighted by molar-refractivity contribution is 5.88. The number of nitrogens with two attached hydrogens (primary N) is 2. The molecule has 0 aliphatic carbocycles. The maximum Gasteiger partial charge on any atom is 0.360 e. The van der Waals surface area contributed by atoms with Crippen LogP contribution in [0.4, 0.5) is 11.9 Å². The maximum atomic E-state index is 11.7. The minimum Gasteiger partial charge on any atom is -0.464 e. The topological polar surface area (TPSA) is 148 Å². The second kappa shape index (κ2) is 6.11. The Bertz CT molecular complexity index is 633. The van der Waals surface area contributed by atoms with E-state index in [0.29, 0.717) is 17.9 Å². The number of hydrogen-bond donors (Lipinski definition) is 2. The molecular formula is C11H16N8O2. The zero-order valence-corrected chi connectivity index (χ0v) is 11.8. The molecule has 21 heavy (non-hydrogen) atoms. The van der Waals surface area contributed by atoms with E-state index >= 15 is 0 Å². The molecule has 10 heteroatoms. The highest BCUT2D eigenvalue weighted by Crippen LogP contribution is 2.11. The molecule has 0 amide bonds. The van der Waals surface area contributed by atoms with Gasteiger partial charge in [0.25, 0.3) is 0 Å². The van der Waals surface area contributed by atoms with E-state index in [2.05, 4.69) is 30.0 Å². The SMILES string of the molecule is CCCc1c(C(=O)OC)nnn1Cc1nc(N)nc(N)n1. The minimum atomic E-state index is -0.528. The van der Waals surface area contributed by atoms with Gasteiger partial charge in [0.15, 0.2) is 11.5 Å². The van der Waals surface area contributed by atoms with Crippen LogP contribution in [-0.2, 0) is 17.7 Å². The Kier molecular flexibility index (Phi) is 4.26. The first-order valence-electron chi connectivity index (χ1n) is 6.31. The Labute approximate surface area is 120 Å². The average molecular weight is 292 g/mol. The van der Waals surface area contributed by atoms with E-state index in [1.165, 1.54) is 11.8 Å². The van der Waals surface area contributed by atoms with E-state index < -0.39 is 5.97 Å². The normalized spacial score (nSPS) is 10.6. The molecule has 0 saturated heterocycles. The van der Waals surface area contributed by atoms with Gasteiger partial charge in [0, 0.05) is 0 Å². The van der Waals surface area contributed by atoms with Crippen molar-refractivity contribution in [2.24, 2.45) is 0 Å². The number of anilines is 2. The number of carbonyl (C=O) groups excluding carboxylic acids is 1. The maximum absolute atomic E-state index is 11.7. The minimum absolute atomic E-state index is 0.0304. The lowest BCUT2D eigenvalue weighted by Crippen LogP contribution is -2.14. The number of rotatable bonds is 5. The summed E-state index contributed by atoms with van der Waals surface area (Å²) in [5.41, 5.74) is 11.9. The zero-order valence-electron chi connectivity index (χ0n) is 11.8. The van der Waals surface area contributed by atoms with Crippen LogP contribution >= 0.6 is 0 Å². The van der Waals surface area contributed by atoms with Crippen molar-refractivity contribution in [1.29, 1.82) is 0 Å². The molecule has 0 bridgehead atoms. The lowest BCUT2D eigenvalue weighted by atomic mass is 10.2. The molecule has 0 spiro atoms. The molecule has 0 radical (unpaired) electrons. The number of hydrogen-bond acceptors (Lipinski definition) is 9. The molecule has 0 aliphatic heterocycles. The second-order valence-corrected chi connectivity index (χ2v) is 4.25. The molecule has 2 aromatic rings. The summed E-state index contributed by atoms with van der Waals surface area (Å²) in [4.78, 5) is 23.3. The fraction of sp³-hybridized carbons (Fsp3) is 0.455. The molecule has 10 nitrogen and oxygen atoms in total. The summed E-state index contributed by atoms with van der Waals surface area (Å²) in [5, 5.41) is 7.79. The third kappa shape index (κ3) is 3.22. The van der Waals surface area contributed by atoms with Crippen LogP contribution in [-0.4, -0.2) is 43.0 Å². The Morgan fingerprint density at radius 3 is 2.48 bits per heavy atom. The van der Waals surface area contributed by atoms with Crippen LogP contribution < -0.4 is 11.5 Å². The number of aromatic nitrogens is 6. The molecule has 4 N–H and O–H groups in total. The van der Waals surface area contributed by atoms with Crippen molar-refractivity contribution in [2.45, 2.75) is 26.3 Å². The molecule has 0 aromatic carbocycles. The Morgan fingerprint density at radius 2 is 1.90 bits per heavy atom. The first-order valence-corrected chi connectivity index (χ1v) is 6.31. The third-order valence-corrected chi connectivity index (χ3v) is 2.71. The lowest BCUT2D eigenvalue weighted by molar-refractivity contribution is 0.0592. The summed E-state index contributed by atoms with van der Waals surface area (Å²) >= 11 is 0. The molecule has 0 aliphatic rings. The fourth-order valence-corrected chi connectivity index (χ4v) is 1.86. The average Bonchev–Trinajstić information content (AvgIpc) is 2.80. The van der Waals surface area contributed by atoms with E-state index in [4.69, 9.17) is 11.5 Å². The van der Waals surface area contributed by atoms with Crippen molar-refractivity contribution < 1.29 is 9.53 Å². The fourth-order valence-electron chi connectivity index (χ4n) is 1.86. The van der Waals surface area contributed by atoms with Gasteiger partial charge in [0.2, 0.25) is 11.9 Å². The van der Waals surface area contributed by atoms with Gasteiger partial charge < -0.3 is 16.2 Å². The number of methoxy groups -OCH3 is 1. The summed E-state index contributed by atoms with van der Waals surface area (Å²) in [7, 11) is 1.30. The van der Waals surface area contributed by atoms with Crippen molar-refractivity contribution in [3.05, 3.63) is 17.2 Å². The molecule has 2 heterocycles. The number of esters is 1. The lowest BCUT2D eigenvalue weighted by Gasteiger charge is -2.06. The van der Waals surface area contributed by atoms with E-state index in [1.54, 1.807) is 0 Å². The highest BCUT2D eigenvalue weighted by Gasteiger charge is 2.20. The van der Waals surface area contributed by atoms with Gasteiger partial charge in [-0.25, -0.2) is 9.48 Å². The smallest absolute Gasteiger partial charge is 0.360 e. The van der Waals surface area contributed by atoms with Gasteiger partial charge in [0.05, 0.1) is 12.8 Å². The Balaban J connectivity index is 2.35. The van der Waals surface area contributed by atoms with Crippen LogP contribution in [0.25, 0.3) is 0 Å². The van der Waals surface area contributed by atoms with Crippen molar-refractivity contribution in [3.63, 3.8) is 0 Å². The Hall–Kier alpha value is -2.78. The Morgan fingerprint density at radius 1 is 1.24 bits per heavy atom. The quantitative estimate of drug-likeness (QED) is 0.690. The van der Waals surface area contributed by atoms with Gasteiger partial charge in [-0.05, 0) is 6.42 Å². The van der Waals surface area contributed by atoms with Crippen LogP contribution in [0, 0.1) is 0 Å². The van der Waals surface area contributed by atoms with E-state index in [0.717, 1.165) is 6.42 Å². The van der Waals surface area contributed by atoms with Gasteiger partial charge in [-0.2, -0.15) is 15.0 Å². The summed E-state index contributed by atoms with van der Waals surface area (Å²) in [5.74, 6) is -0.122. The number of nitrogen functional groups attached to an aromatic ring is 2. The van der Waals surface area contributed by atoms with Gasteiger partial charge >= 0.3 is 5.97 Å². The molecule has 0 unspecified atom stereocenters. The molecule has 2 rings (SSSR count). The molecule has 0 atom stereocenters. The molecule has 0 fully saturated rings. The predicted molar refractivity (Wildman–Crippen MR) is 73.1 cm³/mol. The monoisotopic (exact) mass is 292 g/mol. The second-order valence-electron chi connectivity index (χ2n) is 4.25. The molecule has 2 aromatic heterocycles. The van der Waals surface area contributed by atoms with Crippen LogP contribution in [0.3, 0.4) is 0 Å². The first-order chi connectivity index (χ1) is 10.0. The van der Waals surface area contributed by atoms with Crippen molar-refractivity contribution in [3.8, 4) is 0 Å². The number of nitrogens with zero attached hydrogens (tertiary/aromatic N) is 6. The van der Waals surface area contributed by atoms with E-state index in [1.807, 2.05) is 6.92 Å². The van der Waals surface area contributed by atoms with Crippen LogP contribution in [0.15, 0.2) is 0 Å². The molecular weight excluding hydrogens is 276 g/mol. The zero-order chi connectivity index (χ0) is 15.4. The van der Waals surface area contributed by atoms with Gasteiger partial charge in [-0.1, -0.05) is 18.6 Å². The van der Waals surface area contributed by atoms with Crippen molar-refractivity contribution in [2.75, 3.05) is 18.6 Å². The van der Waals surface area contributed by atoms with Gasteiger partial charge in [-0.3, -0.25) is 0 Å². The number of ether oxygens (including phenoxy) is 1. The molecule has 112 valence electrons. The largest absolute Gasteiger partial charge is 0.464 e.